The largest absolute Gasteiger partial charge is 0.491 e. The van der Waals surface area contributed by atoms with Gasteiger partial charge in [0.05, 0.1) is 17.9 Å². The smallest absolute Gasteiger partial charge is 0.381 e. The van der Waals surface area contributed by atoms with Crippen LogP contribution in [0.4, 0.5) is 18.9 Å². The SMILES string of the molecule is CN(C)c1ccc(-c2cc(-c3cc(C(=O)OC(=O)C(F)(F)F)n(CCN)n3)ccn2)cc1. The summed E-state index contributed by atoms with van der Waals surface area (Å²) in [5, 5.41) is 4.24. The number of halogens is 3. The summed E-state index contributed by atoms with van der Waals surface area (Å²) in [5.74, 6) is -4.06. The zero-order chi connectivity index (χ0) is 23.5. The van der Waals surface area contributed by atoms with Crippen LogP contribution >= 0.6 is 0 Å². The van der Waals surface area contributed by atoms with Crippen LogP contribution in [0, 0.1) is 0 Å². The fourth-order valence-corrected chi connectivity index (χ4v) is 2.89. The Balaban J connectivity index is 1.93. The average molecular weight is 447 g/mol. The van der Waals surface area contributed by atoms with Crippen molar-refractivity contribution >= 4 is 17.6 Å². The molecule has 8 nitrogen and oxygen atoms in total. The van der Waals surface area contributed by atoms with Crippen molar-refractivity contribution in [2.75, 3.05) is 25.5 Å². The van der Waals surface area contributed by atoms with Crippen molar-refractivity contribution in [3.05, 3.63) is 54.4 Å². The zero-order valence-corrected chi connectivity index (χ0v) is 17.3. The molecule has 0 saturated carbocycles. The molecule has 0 unspecified atom stereocenters. The van der Waals surface area contributed by atoms with Gasteiger partial charge in [-0.15, -0.1) is 0 Å². The first kappa shape index (κ1) is 22.9. The number of hydrogen-bond acceptors (Lipinski definition) is 7. The zero-order valence-electron chi connectivity index (χ0n) is 17.3. The molecule has 0 saturated heterocycles. The lowest BCUT2D eigenvalue weighted by atomic mass is 10.1. The highest BCUT2D eigenvalue weighted by Crippen LogP contribution is 2.26. The third-order valence-corrected chi connectivity index (χ3v) is 4.48. The van der Waals surface area contributed by atoms with Gasteiger partial charge in [-0.2, -0.15) is 18.3 Å². The maximum absolute atomic E-state index is 12.4. The minimum atomic E-state index is -5.29. The summed E-state index contributed by atoms with van der Waals surface area (Å²) in [7, 11) is 3.85. The first-order valence-electron chi connectivity index (χ1n) is 9.45. The standard InChI is InChI=1S/C21H20F3N5O3/c1-28(2)15-5-3-13(4-6-15)16-11-14(7-9-26-16)17-12-18(29(27-17)10-8-25)19(30)32-20(31)21(22,23)24/h3-7,9,11-12H,8,10,25H2,1-2H3. The molecular weight excluding hydrogens is 427 g/mol. The van der Waals surface area contributed by atoms with Crippen molar-refractivity contribution in [1.82, 2.24) is 14.8 Å². The van der Waals surface area contributed by atoms with Crippen molar-refractivity contribution in [1.29, 1.82) is 0 Å². The summed E-state index contributed by atoms with van der Waals surface area (Å²) in [6, 6.07) is 12.3. The fraction of sp³-hybridized carbons (Fsp3) is 0.238. The average Bonchev–Trinajstić information content (AvgIpc) is 3.17. The number of nitrogens with zero attached hydrogens (tertiary/aromatic N) is 4. The van der Waals surface area contributed by atoms with E-state index in [4.69, 9.17) is 5.73 Å². The van der Waals surface area contributed by atoms with E-state index in [9.17, 15) is 22.8 Å². The molecule has 11 heteroatoms. The van der Waals surface area contributed by atoms with Crippen LogP contribution in [0.15, 0.2) is 48.7 Å². The Morgan fingerprint density at radius 1 is 1.06 bits per heavy atom. The molecule has 32 heavy (non-hydrogen) atoms. The lowest BCUT2D eigenvalue weighted by Gasteiger charge is -2.12. The van der Waals surface area contributed by atoms with Gasteiger partial charge >= 0.3 is 18.1 Å². The number of carbonyl (C=O) groups excluding carboxylic acids is 2. The van der Waals surface area contributed by atoms with Gasteiger partial charge in [-0.25, -0.2) is 9.59 Å². The van der Waals surface area contributed by atoms with Gasteiger partial charge < -0.3 is 15.4 Å². The number of nitrogens with two attached hydrogens (primary N) is 1. The lowest BCUT2D eigenvalue weighted by Crippen LogP contribution is -2.29. The van der Waals surface area contributed by atoms with Crippen LogP contribution in [-0.2, 0) is 16.1 Å². The quantitative estimate of drug-likeness (QED) is 0.458. The second kappa shape index (κ2) is 9.18. The molecule has 0 radical (unpaired) electrons. The molecule has 1 aromatic carbocycles. The first-order valence-corrected chi connectivity index (χ1v) is 9.45. The third-order valence-electron chi connectivity index (χ3n) is 4.48. The Morgan fingerprint density at radius 3 is 2.34 bits per heavy atom. The number of hydrogen-bond donors (Lipinski definition) is 1. The molecular formula is C21H20F3N5O3. The molecule has 0 bridgehead atoms. The van der Waals surface area contributed by atoms with Gasteiger partial charge in [0.2, 0.25) is 0 Å². The van der Waals surface area contributed by atoms with E-state index in [1.165, 1.54) is 6.07 Å². The number of anilines is 1. The molecule has 0 atom stereocenters. The van der Waals surface area contributed by atoms with Gasteiger partial charge in [0, 0.05) is 43.7 Å². The second-order valence-corrected chi connectivity index (χ2v) is 6.97. The molecule has 3 aromatic rings. The Labute approximate surface area is 181 Å². The number of benzene rings is 1. The van der Waals surface area contributed by atoms with Crippen LogP contribution in [0.1, 0.15) is 10.5 Å². The highest BCUT2D eigenvalue weighted by Gasteiger charge is 2.43. The van der Waals surface area contributed by atoms with Gasteiger partial charge in [0.25, 0.3) is 0 Å². The van der Waals surface area contributed by atoms with Crippen LogP contribution in [0.25, 0.3) is 22.5 Å². The van der Waals surface area contributed by atoms with E-state index in [2.05, 4.69) is 14.8 Å². The van der Waals surface area contributed by atoms with Crippen molar-refractivity contribution < 1.29 is 27.5 Å². The van der Waals surface area contributed by atoms with E-state index in [-0.39, 0.29) is 18.8 Å². The molecule has 0 amide bonds. The van der Waals surface area contributed by atoms with E-state index < -0.39 is 18.1 Å². The van der Waals surface area contributed by atoms with Crippen molar-refractivity contribution in [2.45, 2.75) is 12.7 Å². The minimum absolute atomic E-state index is 0.0363. The van der Waals surface area contributed by atoms with E-state index >= 15 is 0 Å². The van der Waals surface area contributed by atoms with Gasteiger partial charge in [-0.05, 0) is 30.3 Å². The summed E-state index contributed by atoms with van der Waals surface area (Å²) in [5.41, 5.74) is 8.54. The highest BCUT2D eigenvalue weighted by molar-refractivity contribution is 5.97. The molecule has 0 aliphatic heterocycles. The molecule has 2 heterocycles. The maximum atomic E-state index is 12.4. The highest BCUT2D eigenvalue weighted by atomic mass is 19.4. The number of esters is 2. The summed E-state index contributed by atoms with van der Waals surface area (Å²) in [6.45, 7) is 0.100. The van der Waals surface area contributed by atoms with Crippen molar-refractivity contribution in [3.8, 4) is 22.5 Å². The third kappa shape index (κ3) is 5.11. The fourth-order valence-electron chi connectivity index (χ4n) is 2.89. The first-order chi connectivity index (χ1) is 15.1. The monoisotopic (exact) mass is 447 g/mol. The molecule has 2 N–H and O–H groups in total. The predicted molar refractivity (Wildman–Crippen MR) is 111 cm³/mol. The van der Waals surface area contributed by atoms with Crippen LogP contribution in [0.2, 0.25) is 0 Å². The Morgan fingerprint density at radius 2 is 1.75 bits per heavy atom. The summed E-state index contributed by atoms with van der Waals surface area (Å²) >= 11 is 0. The topological polar surface area (TPSA) is 103 Å². The van der Waals surface area contributed by atoms with Crippen molar-refractivity contribution in [3.63, 3.8) is 0 Å². The normalized spacial score (nSPS) is 11.3. The minimum Gasteiger partial charge on any atom is -0.381 e. The summed E-state index contributed by atoms with van der Waals surface area (Å²) < 4.78 is 42.4. The Hall–Kier alpha value is -3.73. The van der Waals surface area contributed by atoms with Crippen LogP contribution in [0.5, 0.6) is 0 Å². The number of alkyl halides is 3. The molecule has 3 rings (SSSR count). The van der Waals surface area contributed by atoms with E-state index in [1.807, 2.05) is 43.3 Å². The molecule has 0 aliphatic rings. The molecule has 0 fully saturated rings. The number of carbonyl (C=O) groups is 2. The number of rotatable bonds is 6. The van der Waals surface area contributed by atoms with Gasteiger partial charge in [0.15, 0.2) is 0 Å². The molecule has 168 valence electrons. The second-order valence-electron chi connectivity index (χ2n) is 6.97. The number of aromatic nitrogens is 3. The molecule has 2 aromatic heterocycles. The molecule has 0 spiro atoms. The molecule has 0 aliphatic carbocycles. The lowest BCUT2D eigenvalue weighted by molar-refractivity contribution is -0.193. The Bertz CT molecular complexity index is 1120. The van der Waals surface area contributed by atoms with Crippen molar-refractivity contribution in [2.24, 2.45) is 5.73 Å². The number of pyridine rings is 1. The van der Waals surface area contributed by atoms with E-state index in [0.29, 0.717) is 17.0 Å². The van der Waals surface area contributed by atoms with Crippen LogP contribution in [-0.4, -0.2) is 53.5 Å². The van der Waals surface area contributed by atoms with Gasteiger partial charge in [-0.3, -0.25) is 9.67 Å². The van der Waals surface area contributed by atoms with Gasteiger partial charge in [0.1, 0.15) is 5.69 Å². The summed E-state index contributed by atoms with van der Waals surface area (Å²) in [6.07, 6.45) is -3.74. The predicted octanol–water partition coefficient (Wildman–Crippen LogP) is 2.88. The van der Waals surface area contributed by atoms with E-state index in [0.717, 1.165) is 15.9 Å². The van der Waals surface area contributed by atoms with Crippen LogP contribution < -0.4 is 10.6 Å². The van der Waals surface area contributed by atoms with E-state index in [1.54, 1.807) is 18.3 Å². The van der Waals surface area contributed by atoms with Gasteiger partial charge in [-0.1, -0.05) is 12.1 Å². The summed E-state index contributed by atoms with van der Waals surface area (Å²) in [4.78, 5) is 29.5. The van der Waals surface area contributed by atoms with Crippen LogP contribution in [0.3, 0.4) is 0 Å². The Kier molecular flexibility index (Phi) is 6.58. The number of ether oxygens (including phenoxy) is 1. The maximum Gasteiger partial charge on any atom is 0.491 e.